The second-order valence-corrected chi connectivity index (χ2v) is 4.44. The predicted octanol–water partition coefficient (Wildman–Crippen LogP) is 2.07. The summed E-state index contributed by atoms with van der Waals surface area (Å²) in [5.41, 5.74) is 6.41. The highest BCUT2D eigenvalue weighted by Crippen LogP contribution is 2.26. The number of nitrogens with zero attached hydrogens (tertiary/aromatic N) is 1. The van der Waals surface area contributed by atoms with Crippen LogP contribution in [-0.2, 0) is 11.2 Å². The van der Waals surface area contributed by atoms with Gasteiger partial charge in [0.05, 0.1) is 4.92 Å². The van der Waals surface area contributed by atoms with Gasteiger partial charge in [0.25, 0.3) is 0 Å². The lowest BCUT2D eigenvalue weighted by molar-refractivity contribution is -0.385. The summed E-state index contributed by atoms with van der Waals surface area (Å²) in [5.74, 6) is -0.802. The number of ether oxygens (including phenoxy) is 1. The van der Waals surface area contributed by atoms with E-state index in [1.807, 2.05) is 30.3 Å². The maximum atomic E-state index is 11.9. The molecule has 21 heavy (non-hydrogen) atoms. The zero-order chi connectivity index (χ0) is 15.2. The van der Waals surface area contributed by atoms with Crippen LogP contribution in [0.1, 0.15) is 5.56 Å². The summed E-state index contributed by atoms with van der Waals surface area (Å²) in [5, 5.41) is 10.8. The molecule has 2 rings (SSSR count). The van der Waals surface area contributed by atoms with Crippen LogP contribution in [0.5, 0.6) is 5.75 Å². The molecule has 0 radical (unpaired) electrons. The van der Waals surface area contributed by atoms with E-state index >= 15 is 0 Å². The third kappa shape index (κ3) is 3.87. The Kier molecular flexibility index (Phi) is 4.63. The van der Waals surface area contributed by atoms with E-state index in [1.54, 1.807) is 6.07 Å². The highest BCUT2D eigenvalue weighted by Gasteiger charge is 2.21. The van der Waals surface area contributed by atoms with Crippen LogP contribution in [0.2, 0.25) is 0 Å². The summed E-state index contributed by atoms with van der Waals surface area (Å²) >= 11 is 0. The van der Waals surface area contributed by atoms with Gasteiger partial charge in [-0.2, -0.15) is 0 Å². The lowest BCUT2D eigenvalue weighted by atomic mass is 10.1. The van der Waals surface area contributed by atoms with E-state index < -0.39 is 16.9 Å². The minimum absolute atomic E-state index is 0.101. The number of hydrogen-bond donors (Lipinski definition) is 1. The van der Waals surface area contributed by atoms with Crippen LogP contribution in [0.15, 0.2) is 54.6 Å². The Labute approximate surface area is 121 Å². The molecule has 2 N–H and O–H groups in total. The fourth-order valence-electron chi connectivity index (χ4n) is 1.83. The molecule has 0 aliphatic rings. The number of rotatable bonds is 5. The molecule has 6 nitrogen and oxygen atoms in total. The molecule has 0 bridgehead atoms. The van der Waals surface area contributed by atoms with Crippen LogP contribution in [0.4, 0.5) is 5.69 Å². The van der Waals surface area contributed by atoms with Crippen molar-refractivity contribution in [3.8, 4) is 5.75 Å². The van der Waals surface area contributed by atoms with Crippen molar-refractivity contribution in [3.63, 3.8) is 0 Å². The Balaban J connectivity index is 2.06. The lowest BCUT2D eigenvalue weighted by Crippen LogP contribution is -2.36. The topological polar surface area (TPSA) is 95.5 Å². The van der Waals surface area contributed by atoms with Crippen LogP contribution in [0.3, 0.4) is 0 Å². The number of esters is 1. The van der Waals surface area contributed by atoms with Crippen LogP contribution in [0.25, 0.3) is 0 Å². The molecule has 0 unspecified atom stereocenters. The molecule has 0 aromatic heterocycles. The van der Waals surface area contributed by atoms with Crippen LogP contribution >= 0.6 is 0 Å². The Bertz CT molecular complexity index is 643. The van der Waals surface area contributed by atoms with Gasteiger partial charge < -0.3 is 10.5 Å². The molecule has 6 heteroatoms. The number of nitro benzene ring substituents is 1. The summed E-state index contributed by atoms with van der Waals surface area (Å²) in [6, 6.07) is 14.0. The van der Waals surface area contributed by atoms with E-state index in [0.29, 0.717) is 6.42 Å². The molecule has 0 saturated heterocycles. The van der Waals surface area contributed by atoms with Gasteiger partial charge in [-0.25, -0.2) is 4.79 Å². The number of carbonyl (C=O) groups is 1. The number of nitrogens with two attached hydrogens (primary N) is 1. The van der Waals surface area contributed by atoms with E-state index in [9.17, 15) is 14.9 Å². The van der Waals surface area contributed by atoms with Gasteiger partial charge in [-0.3, -0.25) is 10.1 Å². The highest BCUT2D eigenvalue weighted by atomic mass is 16.6. The molecule has 1 atom stereocenters. The van der Waals surface area contributed by atoms with Crippen LogP contribution < -0.4 is 10.5 Å². The smallest absolute Gasteiger partial charge is 0.328 e. The largest absolute Gasteiger partial charge is 0.418 e. The fraction of sp³-hybridized carbons (Fsp3) is 0.133. The van der Waals surface area contributed by atoms with Gasteiger partial charge in [-0.1, -0.05) is 42.5 Å². The molecule has 0 amide bonds. The van der Waals surface area contributed by atoms with Crippen LogP contribution in [-0.4, -0.2) is 16.9 Å². The summed E-state index contributed by atoms with van der Waals surface area (Å²) in [6.07, 6.45) is 0.306. The standard InChI is InChI=1S/C15H14N2O4/c16-12(10-11-6-2-1-3-7-11)15(18)21-14-9-5-4-8-13(14)17(19)20/h1-9,12H,10,16H2/t12-/m1/s1. The molecule has 2 aromatic rings. The highest BCUT2D eigenvalue weighted by molar-refractivity contribution is 5.79. The van der Waals surface area contributed by atoms with Gasteiger partial charge in [-0.05, 0) is 18.1 Å². The molecule has 0 saturated carbocycles. The van der Waals surface area contributed by atoms with Gasteiger partial charge in [-0.15, -0.1) is 0 Å². The van der Waals surface area contributed by atoms with Gasteiger partial charge in [0.15, 0.2) is 0 Å². The normalized spacial score (nSPS) is 11.7. The van der Waals surface area contributed by atoms with Crippen molar-refractivity contribution in [3.05, 3.63) is 70.3 Å². The molecular formula is C15H14N2O4. The maximum Gasteiger partial charge on any atom is 0.328 e. The summed E-state index contributed by atoms with van der Waals surface area (Å²) in [6.45, 7) is 0. The quantitative estimate of drug-likeness (QED) is 0.393. The molecule has 0 aliphatic heterocycles. The number of carbonyl (C=O) groups excluding carboxylic acids is 1. The summed E-state index contributed by atoms with van der Waals surface area (Å²) in [4.78, 5) is 22.2. The number of nitro groups is 1. The Morgan fingerprint density at radius 2 is 1.76 bits per heavy atom. The molecule has 108 valence electrons. The van der Waals surface area contributed by atoms with E-state index in [1.165, 1.54) is 18.2 Å². The first kappa shape index (κ1) is 14.7. The third-order valence-electron chi connectivity index (χ3n) is 2.87. The summed E-state index contributed by atoms with van der Waals surface area (Å²) in [7, 11) is 0. The molecular weight excluding hydrogens is 272 g/mol. The average Bonchev–Trinajstić information content (AvgIpc) is 2.48. The first-order chi connectivity index (χ1) is 10.1. The Morgan fingerprint density at radius 3 is 2.43 bits per heavy atom. The zero-order valence-electron chi connectivity index (χ0n) is 11.1. The van der Waals surface area contributed by atoms with Crippen LogP contribution in [0, 0.1) is 10.1 Å². The molecule has 0 aliphatic carbocycles. The monoisotopic (exact) mass is 286 g/mol. The Hall–Kier alpha value is -2.73. The van der Waals surface area contributed by atoms with Crippen molar-refractivity contribution >= 4 is 11.7 Å². The van der Waals surface area contributed by atoms with E-state index in [0.717, 1.165) is 5.56 Å². The molecule has 2 aromatic carbocycles. The maximum absolute atomic E-state index is 11.9. The SMILES string of the molecule is N[C@H](Cc1ccccc1)C(=O)Oc1ccccc1[N+](=O)[O-]. The number of para-hydroxylation sites is 2. The van der Waals surface area contributed by atoms with Gasteiger partial charge >= 0.3 is 11.7 Å². The third-order valence-corrected chi connectivity index (χ3v) is 2.87. The molecule has 0 heterocycles. The van der Waals surface area contributed by atoms with Crippen molar-refractivity contribution in [2.45, 2.75) is 12.5 Å². The van der Waals surface area contributed by atoms with Crippen molar-refractivity contribution in [2.75, 3.05) is 0 Å². The molecule has 0 fully saturated rings. The predicted molar refractivity (Wildman–Crippen MR) is 76.9 cm³/mol. The Morgan fingerprint density at radius 1 is 1.14 bits per heavy atom. The molecule has 0 spiro atoms. The zero-order valence-corrected chi connectivity index (χ0v) is 11.1. The van der Waals surface area contributed by atoms with Crippen molar-refractivity contribution in [2.24, 2.45) is 5.73 Å². The van der Waals surface area contributed by atoms with Gasteiger partial charge in [0.2, 0.25) is 5.75 Å². The second-order valence-electron chi connectivity index (χ2n) is 4.44. The first-order valence-electron chi connectivity index (χ1n) is 6.32. The van der Waals surface area contributed by atoms with E-state index in [2.05, 4.69) is 0 Å². The minimum Gasteiger partial charge on any atom is -0.418 e. The van der Waals surface area contributed by atoms with E-state index in [-0.39, 0.29) is 11.4 Å². The van der Waals surface area contributed by atoms with Crippen molar-refractivity contribution in [1.29, 1.82) is 0 Å². The lowest BCUT2D eigenvalue weighted by Gasteiger charge is -2.11. The van der Waals surface area contributed by atoms with Crippen molar-refractivity contribution in [1.82, 2.24) is 0 Å². The number of hydrogen-bond acceptors (Lipinski definition) is 5. The fourth-order valence-corrected chi connectivity index (χ4v) is 1.83. The van der Waals surface area contributed by atoms with Gasteiger partial charge in [0.1, 0.15) is 6.04 Å². The first-order valence-corrected chi connectivity index (χ1v) is 6.32. The minimum atomic E-state index is -0.882. The van der Waals surface area contributed by atoms with Crippen molar-refractivity contribution < 1.29 is 14.5 Å². The average molecular weight is 286 g/mol. The van der Waals surface area contributed by atoms with E-state index in [4.69, 9.17) is 10.5 Å². The van der Waals surface area contributed by atoms with Gasteiger partial charge in [0, 0.05) is 6.07 Å². The number of benzene rings is 2. The summed E-state index contributed by atoms with van der Waals surface area (Å²) < 4.78 is 5.04. The second kappa shape index (κ2) is 6.62.